The second-order valence-electron chi connectivity index (χ2n) is 5.99. The van der Waals surface area contributed by atoms with Gasteiger partial charge in [-0.25, -0.2) is 9.97 Å². The van der Waals surface area contributed by atoms with Gasteiger partial charge in [-0.3, -0.25) is 4.98 Å². The van der Waals surface area contributed by atoms with Crippen molar-refractivity contribution in [1.82, 2.24) is 15.0 Å². The summed E-state index contributed by atoms with van der Waals surface area (Å²) in [6.07, 6.45) is 3.51. The van der Waals surface area contributed by atoms with Crippen molar-refractivity contribution in [3.8, 4) is 11.4 Å². The van der Waals surface area contributed by atoms with Gasteiger partial charge in [0.05, 0.1) is 5.52 Å². The van der Waals surface area contributed by atoms with Crippen LogP contribution in [0.25, 0.3) is 22.3 Å². The standard InChI is InChI=1S/C21H18N4/c1-15-6-8-16(9-7-15)14-23-21-18-4-2-3-5-19(18)24-20(25-21)17-10-12-22-13-11-17/h2-13H,14H2,1H3,(H,23,24,25). The molecule has 25 heavy (non-hydrogen) atoms. The Kier molecular flexibility index (Phi) is 4.09. The van der Waals surface area contributed by atoms with E-state index in [1.807, 2.05) is 36.4 Å². The highest BCUT2D eigenvalue weighted by atomic mass is 15.0. The lowest BCUT2D eigenvalue weighted by atomic mass is 10.1. The van der Waals surface area contributed by atoms with Gasteiger partial charge in [-0.05, 0) is 36.8 Å². The molecule has 4 nitrogen and oxygen atoms in total. The minimum absolute atomic E-state index is 0.701. The predicted molar refractivity (Wildman–Crippen MR) is 101 cm³/mol. The van der Waals surface area contributed by atoms with Crippen LogP contribution in [0.1, 0.15) is 11.1 Å². The van der Waals surface area contributed by atoms with E-state index < -0.39 is 0 Å². The number of aryl methyl sites for hydroxylation is 1. The van der Waals surface area contributed by atoms with Gasteiger partial charge in [-0.15, -0.1) is 0 Å². The van der Waals surface area contributed by atoms with Crippen molar-refractivity contribution in [3.63, 3.8) is 0 Å². The molecule has 1 N–H and O–H groups in total. The van der Waals surface area contributed by atoms with Crippen molar-refractivity contribution in [2.24, 2.45) is 0 Å². The Morgan fingerprint density at radius 3 is 2.40 bits per heavy atom. The van der Waals surface area contributed by atoms with Crippen LogP contribution in [-0.2, 0) is 6.54 Å². The molecular weight excluding hydrogens is 308 g/mol. The van der Waals surface area contributed by atoms with Crippen LogP contribution >= 0.6 is 0 Å². The van der Waals surface area contributed by atoms with Crippen molar-refractivity contribution in [3.05, 3.63) is 84.2 Å². The molecular formula is C21H18N4. The van der Waals surface area contributed by atoms with E-state index in [4.69, 9.17) is 9.97 Å². The highest BCUT2D eigenvalue weighted by molar-refractivity contribution is 5.90. The van der Waals surface area contributed by atoms with Crippen LogP contribution in [0.5, 0.6) is 0 Å². The third-order valence-electron chi connectivity index (χ3n) is 4.12. The lowest BCUT2D eigenvalue weighted by molar-refractivity contribution is 1.10. The molecule has 0 saturated carbocycles. The molecule has 0 aliphatic rings. The van der Waals surface area contributed by atoms with Gasteiger partial charge in [0.15, 0.2) is 5.82 Å². The van der Waals surface area contributed by atoms with Gasteiger partial charge in [-0.1, -0.05) is 42.0 Å². The number of nitrogens with one attached hydrogen (secondary N) is 1. The molecule has 4 rings (SSSR count). The number of rotatable bonds is 4. The van der Waals surface area contributed by atoms with Gasteiger partial charge in [-0.2, -0.15) is 0 Å². The quantitative estimate of drug-likeness (QED) is 0.595. The number of aromatic nitrogens is 3. The average Bonchev–Trinajstić information content (AvgIpc) is 2.68. The van der Waals surface area contributed by atoms with Gasteiger partial charge in [0.2, 0.25) is 0 Å². The molecule has 0 unspecified atom stereocenters. The zero-order valence-electron chi connectivity index (χ0n) is 14.0. The van der Waals surface area contributed by atoms with Gasteiger partial charge in [0.25, 0.3) is 0 Å². The fraction of sp³-hybridized carbons (Fsp3) is 0.0952. The number of anilines is 1. The van der Waals surface area contributed by atoms with Crippen LogP contribution in [0.4, 0.5) is 5.82 Å². The zero-order chi connectivity index (χ0) is 17.1. The SMILES string of the molecule is Cc1ccc(CNc2nc(-c3ccncc3)nc3ccccc23)cc1. The van der Waals surface area contributed by atoms with Crippen LogP contribution in [-0.4, -0.2) is 15.0 Å². The van der Waals surface area contributed by atoms with Gasteiger partial charge >= 0.3 is 0 Å². The summed E-state index contributed by atoms with van der Waals surface area (Å²) in [5.74, 6) is 1.55. The summed E-state index contributed by atoms with van der Waals surface area (Å²) in [5.41, 5.74) is 4.37. The Labute approximate surface area is 146 Å². The molecule has 0 atom stereocenters. The van der Waals surface area contributed by atoms with Crippen molar-refractivity contribution < 1.29 is 0 Å². The summed E-state index contributed by atoms with van der Waals surface area (Å²) in [6.45, 7) is 2.81. The fourth-order valence-corrected chi connectivity index (χ4v) is 2.73. The second kappa shape index (κ2) is 6.69. The molecule has 4 aromatic rings. The Morgan fingerprint density at radius 1 is 0.840 bits per heavy atom. The summed E-state index contributed by atoms with van der Waals surface area (Å²) in [7, 11) is 0. The molecule has 0 aliphatic heterocycles. The molecule has 4 heteroatoms. The van der Waals surface area contributed by atoms with E-state index in [0.29, 0.717) is 5.82 Å². The van der Waals surface area contributed by atoms with Crippen LogP contribution in [0.3, 0.4) is 0 Å². The molecule has 0 radical (unpaired) electrons. The molecule has 0 amide bonds. The lowest BCUT2D eigenvalue weighted by Crippen LogP contribution is -2.04. The van der Waals surface area contributed by atoms with Crippen molar-refractivity contribution in [2.45, 2.75) is 13.5 Å². The maximum atomic E-state index is 4.75. The fourth-order valence-electron chi connectivity index (χ4n) is 2.73. The van der Waals surface area contributed by atoms with Gasteiger partial charge in [0.1, 0.15) is 5.82 Å². The number of hydrogen-bond acceptors (Lipinski definition) is 4. The molecule has 0 spiro atoms. The Morgan fingerprint density at radius 2 is 1.60 bits per heavy atom. The summed E-state index contributed by atoms with van der Waals surface area (Å²) in [5, 5.41) is 4.49. The van der Waals surface area contributed by atoms with Crippen molar-refractivity contribution in [2.75, 3.05) is 5.32 Å². The highest BCUT2D eigenvalue weighted by Gasteiger charge is 2.09. The molecule has 2 aromatic heterocycles. The van der Waals surface area contributed by atoms with Gasteiger partial charge in [0, 0.05) is 29.9 Å². The van der Waals surface area contributed by atoms with Crippen LogP contribution in [0.2, 0.25) is 0 Å². The first kappa shape index (κ1) is 15.3. The zero-order valence-corrected chi connectivity index (χ0v) is 14.0. The number of pyridine rings is 1. The second-order valence-corrected chi connectivity index (χ2v) is 5.99. The van der Waals surface area contributed by atoms with E-state index in [2.05, 4.69) is 41.5 Å². The maximum Gasteiger partial charge on any atom is 0.162 e. The first-order valence-electron chi connectivity index (χ1n) is 8.26. The number of fused-ring (bicyclic) bond motifs is 1. The van der Waals surface area contributed by atoms with Crippen molar-refractivity contribution in [1.29, 1.82) is 0 Å². The number of nitrogens with zero attached hydrogens (tertiary/aromatic N) is 3. The monoisotopic (exact) mass is 326 g/mol. The first-order chi connectivity index (χ1) is 12.3. The Balaban J connectivity index is 1.72. The van der Waals surface area contributed by atoms with Crippen LogP contribution in [0.15, 0.2) is 73.1 Å². The summed E-state index contributed by atoms with van der Waals surface area (Å²) < 4.78 is 0. The first-order valence-corrected chi connectivity index (χ1v) is 8.26. The molecule has 2 heterocycles. The van der Waals surface area contributed by atoms with Gasteiger partial charge < -0.3 is 5.32 Å². The maximum absolute atomic E-state index is 4.75. The largest absolute Gasteiger partial charge is 0.365 e. The van der Waals surface area contributed by atoms with E-state index in [-0.39, 0.29) is 0 Å². The predicted octanol–water partition coefficient (Wildman–Crippen LogP) is 4.61. The van der Waals surface area contributed by atoms with E-state index in [1.54, 1.807) is 12.4 Å². The molecule has 2 aromatic carbocycles. The Bertz CT molecular complexity index is 995. The number of benzene rings is 2. The number of para-hydroxylation sites is 1. The normalized spacial score (nSPS) is 10.8. The highest BCUT2D eigenvalue weighted by Crippen LogP contribution is 2.25. The molecule has 0 saturated heterocycles. The molecule has 122 valence electrons. The van der Waals surface area contributed by atoms with E-state index >= 15 is 0 Å². The third-order valence-corrected chi connectivity index (χ3v) is 4.12. The molecule has 0 aliphatic carbocycles. The average molecular weight is 326 g/mol. The topological polar surface area (TPSA) is 50.7 Å². The summed E-state index contributed by atoms with van der Waals surface area (Å²) >= 11 is 0. The molecule has 0 bridgehead atoms. The number of hydrogen-bond donors (Lipinski definition) is 1. The minimum Gasteiger partial charge on any atom is -0.365 e. The minimum atomic E-state index is 0.701. The van der Waals surface area contributed by atoms with Crippen molar-refractivity contribution >= 4 is 16.7 Å². The smallest absolute Gasteiger partial charge is 0.162 e. The van der Waals surface area contributed by atoms with E-state index in [1.165, 1.54) is 11.1 Å². The summed E-state index contributed by atoms with van der Waals surface area (Å²) in [4.78, 5) is 13.5. The van der Waals surface area contributed by atoms with E-state index in [0.717, 1.165) is 28.8 Å². The molecule has 0 fully saturated rings. The van der Waals surface area contributed by atoms with Crippen LogP contribution < -0.4 is 5.32 Å². The Hall–Kier alpha value is -3.27. The summed E-state index contributed by atoms with van der Waals surface area (Å²) in [6, 6.07) is 20.4. The lowest BCUT2D eigenvalue weighted by Gasteiger charge is -2.11. The van der Waals surface area contributed by atoms with E-state index in [9.17, 15) is 0 Å². The van der Waals surface area contributed by atoms with Crippen LogP contribution in [0, 0.1) is 6.92 Å². The third kappa shape index (κ3) is 3.33.